The van der Waals surface area contributed by atoms with E-state index in [-0.39, 0.29) is 5.41 Å². The van der Waals surface area contributed by atoms with Crippen molar-refractivity contribution in [1.29, 1.82) is 0 Å². The van der Waals surface area contributed by atoms with Gasteiger partial charge < -0.3 is 10.2 Å². The Labute approximate surface area is 132 Å². The van der Waals surface area contributed by atoms with Crippen LogP contribution in [0.2, 0.25) is 0 Å². The maximum atomic E-state index is 11.4. The Hall–Kier alpha value is -1.46. The molecule has 0 saturated heterocycles. The monoisotopic (exact) mass is 296 g/mol. The number of hydrogen-bond acceptors (Lipinski definition) is 2. The van der Waals surface area contributed by atoms with E-state index >= 15 is 0 Å². The first-order chi connectivity index (χ1) is 10.5. The molecule has 3 unspecified atom stereocenters. The highest BCUT2D eigenvalue weighted by atomic mass is 16.3. The molecule has 0 heterocycles. The third-order valence-corrected chi connectivity index (χ3v) is 6.99. The Balaban J connectivity index is 1.72. The van der Waals surface area contributed by atoms with Crippen molar-refractivity contribution in [3.8, 4) is 18.1 Å². The van der Waals surface area contributed by atoms with Crippen LogP contribution < -0.4 is 0 Å². The number of aryl methyl sites for hydroxylation is 1. The molecule has 0 aromatic heterocycles. The van der Waals surface area contributed by atoms with Crippen molar-refractivity contribution < 1.29 is 10.2 Å². The van der Waals surface area contributed by atoms with Crippen LogP contribution in [0.15, 0.2) is 18.2 Å². The molecule has 3 aliphatic rings. The van der Waals surface area contributed by atoms with Gasteiger partial charge in [-0.1, -0.05) is 12.0 Å². The minimum absolute atomic E-state index is 0.328. The van der Waals surface area contributed by atoms with Crippen molar-refractivity contribution in [1.82, 2.24) is 0 Å². The molecule has 2 heteroatoms. The summed E-state index contributed by atoms with van der Waals surface area (Å²) in [7, 11) is 0. The number of benzene rings is 1. The summed E-state index contributed by atoms with van der Waals surface area (Å²) in [4.78, 5) is 0. The van der Waals surface area contributed by atoms with Crippen molar-refractivity contribution in [2.75, 3.05) is 0 Å². The molecule has 2 N–H and O–H groups in total. The summed E-state index contributed by atoms with van der Waals surface area (Å²) in [5.41, 5.74) is 1.64. The van der Waals surface area contributed by atoms with Crippen LogP contribution in [0.4, 0.5) is 0 Å². The van der Waals surface area contributed by atoms with Crippen LogP contribution in [0.3, 0.4) is 0 Å². The van der Waals surface area contributed by atoms with Crippen LogP contribution in [0.1, 0.15) is 56.1 Å². The third-order valence-electron chi connectivity index (χ3n) is 6.99. The van der Waals surface area contributed by atoms with E-state index in [0.29, 0.717) is 23.5 Å². The van der Waals surface area contributed by atoms with Crippen LogP contribution >= 0.6 is 0 Å². The van der Waals surface area contributed by atoms with Crippen molar-refractivity contribution >= 4 is 0 Å². The number of fused-ring (bicyclic) bond motifs is 5. The second-order valence-corrected chi connectivity index (χ2v) is 7.78. The van der Waals surface area contributed by atoms with Gasteiger partial charge in [0.15, 0.2) is 0 Å². The highest BCUT2D eigenvalue weighted by molar-refractivity contribution is 5.40. The van der Waals surface area contributed by atoms with Crippen LogP contribution in [-0.4, -0.2) is 15.8 Å². The smallest absolute Gasteiger partial charge is 0.115 e. The molecule has 116 valence electrons. The van der Waals surface area contributed by atoms with Gasteiger partial charge in [0.25, 0.3) is 0 Å². The molecular formula is C20H24O2. The SMILES string of the molecule is C#C[C@]1(C)CCC2C3CCc4cc(O)ccc4C3CC[C@@]21O. The van der Waals surface area contributed by atoms with Crippen LogP contribution in [0, 0.1) is 29.6 Å². The number of phenols is 1. The second-order valence-electron chi connectivity index (χ2n) is 7.78. The zero-order chi connectivity index (χ0) is 15.5. The Kier molecular flexibility index (Phi) is 2.91. The topological polar surface area (TPSA) is 40.5 Å². The zero-order valence-corrected chi connectivity index (χ0v) is 13.2. The van der Waals surface area contributed by atoms with Gasteiger partial charge >= 0.3 is 0 Å². The summed E-state index contributed by atoms with van der Waals surface area (Å²) in [5, 5.41) is 21.1. The lowest BCUT2D eigenvalue weighted by Crippen LogP contribution is -2.52. The van der Waals surface area contributed by atoms with Gasteiger partial charge in [-0.2, -0.15) is 0 Å². The molecule has 1 aromatic carbocycles. The van der Waals surface area contributed by atoms with E-state index in [1.165, 1.54) is 11.1 Å². The summed E-state index contributed by atoms with van der Waals surface area (Å²) in [6, 6.07) is 5.83. The quantitative estimate of drug-likeness (QED) is 0.718. The molecule has 0 spiro atoms. The fraction of sp³-hybridized carbons (Fsp3) is 0.600. The maximum absolute atomic E-state index is 11.4. The first-order valence-electron chi connectivity index (χ1n) is 8.50. The molecule has 0 amide bonds. The minimum Gasteiger partial charge on any atom is -0.508 e. The van der Waals surface area contributed by atoms with E-state index in [1.807, 2.05) is 12.1 Å². The van der Waals surface area contributed by atoms with E-state index in [0.717, 1.165) is 38.5 Å². The normalized spacial score (nSPS) is 42.9. The maximum Gasteiger partial charge on any atom is 0.115 e. The molecule has 0 aliphatic heterocycles. The van der Waals surface area contributed by atoms with Gasteiger partial charge in [0, 0.05) is 0 Å². The summed E-state index contributed by atoms with van der Waals surface area (Å²) in [6.07, 6.45) is 11.7. The lowest BCUT2D eigenvalue weighted by molar-refractivity contribution is -0.110. The molecule has 3 aliphatic carbocycles. The molecular weight excluding hydrogens is 272 g/mol. The molecule has 2 nitrogen and oxygen atoms in total. The Morgan fingerprint density at radius 1 is 1.23 bits per heavy atom. The predicted molar refractivity (Wildman–Crippen MR) is 86.5 cm³/mol. The van der Waals surface area contributed by atoms with Crippen molar-refractivity contribution in [2.24, 2.45) is 17.3 Å². The van der Waals surface area contributed by atoms with Crippen molar-refractivity contribution in [3.63, 3.8) is 0 Å². The van der Waals surface area contributed by atoms with E-state index in [2.05, 4.69) is 18.9 Å². The Bertz CT molecular complexity index is 658. The van der Waals surface area contributed by atoms with Gasteiger partial charge in [-0.25, -0.2) is 0 Å². The molecule has 0 radical (unpaired) electrons. The molecule has 22 heavy (non-hydrogen) atoms. The van der Waals surface area contributed by atoms with Crippen molar-refractivity contribution in [3.05, 3.63) is 29.3 Å². The van der Waals surface area contributed by atoms with Gasteiger partial charge in [0.05, 0.1) is 11.0 Å². The first-order valence-corrected chi connectivity index (χ1v) is 8.50. The number of aromatic hydroxyl groups is 1. The average Bonchev–Trinajstić information content (AvgIpc) is 2.79. The van der Waals surface area contributed by atoms with E-state index in [9.17, 15) is 10.2 Å². The number of hydrogen-bond donors (Lipinski definition) is 2. The van der Waals surface area contributed by atoms with Crippen LogP contribution in [0.5, 0.6) is 5.75 Å². The highest BCUT2D eigenvalue weighted by Gasteiger charge is 2.61. The summed E-state index contributed by atoms with van der Waals surface area (Å²) in [6.45, 7) is 2.07. The van der Waals surface area contributed by atoms with Gasteiger partial charge in [-0.15, -0.1) is 6.42 Å². The summed E-state index contributed by atoms with van der Waals surface area (Å²) in [5.74, 6) is 4.67. The average molecular weight is 296 g/mol. The van der Waals surface area contributed by atoms with E-state index < -0.39 is 5.60 Å². The predicted octanol–water partition coefficient (Wildman–Crippen LogP) is 3.61. The molecule has 2 saturated carbocycles. The number of terminal acetylenes is 1. The van der Waals surface area contributed by atoms with Gasteiger partial charge in [-0.05, 0) is 86.5 Å². The van der Waals surface area contributed by atoms with Gasteiger partial charge in [0.2, 0.25) is 0 Å². The summed E-state index contributed by atoms with van der Waals surface area (Å²) < 4.78 is 0. The first kappa shape index (κ1) is 14.2. The molecule has 4 rings (SSSR count). The molecule has 0 bridgehead atoms. The second kappa shape index (κ2) is 4.52. The fourth-order valence-corrected chi connectivity index (χ4v) is 5.69. The standard InChI is InChI=1S/C20H24O2/c1-3-19(2)10-9-18-17-6-4-13-12-14(21)5-7-15(13)16(17)8-11-20(18,19)22/h1,5,7,12,16-18,21-22H,4,6,8-11H2,2H3/t16?,17?,18?,19-,20-/m1/s1. The van der Waals surface area contributed by atoms with Crippen LogP contribution in [0.25, 0.3) is 0 Å². The molecule has 5 atom stereocenters. The largest absolute Gasteiger partial charge is 0.508 e. The summed E-state index contributed by atoms with van der Waals surface area (Å²) >= 11 is 0. The lowest BCUT2D eigenvalue weighted by Gasteiger charge is -2.51. The van der Waals surface area contributed by atoms with Crippen molar-refractivity contribution in [2.45, 2.75) is 57.0 Å². The highest BCUT2D eigenvalue weighted by Crippen LogP contribution is 2.62. The Morgan fingerprint density at radius 2 is 2.05 bits per heavy atom. The number of phenolic OH excluding ortho intramolecular Hbond substituents is 1. The van der Waals surface area contributed by atoms with Gasteiger partial charge in [-0.3, -0.25) is 0 Å². The van der Waals surface area contributed by atoms with Gasteiger partial charge in [0.1, 0.15) is 5.75 Å². The molecule has 2 fully saturated rings. The zero-order valence-electron chi connectivity index (χ0n) is 13.2. The molecule has 1 aromatic rings. The Morgan fingerprint density at radius 3 is 2.82 bits per heavy atom. The lowest BCUT2D eigenvalue weighted by atomic mass is 9.56. The van der Waals surface area contributed by atoms with E-state index in [4.69, 9.17) is 6.42 Å². The van der Waals surface area contributed by atoms with E-state index in [1.54, 1.807) is 0 Å². The third kappa shape index (κ3) is 1.66. The number of aliphatic hydroxyl groups is 1. The van der Waals surface area contributed by atoms with Crippen LogP contribution in [-0.2, 0) is 6.42 Å². The minimum atomic E-state index is -0.683. The fourth-order valence-electron chi connectivity index (χ4n) is 5.69. The number of rotatable bonds is 0.